The average Bonchev–Trinajstić information content (AvgIpc) is 2.19. The summed E-state index contributed by atoms with van der Waals surface area (Å²) in [6.07, 6.45) is 3.80. The lowest BCUT2D eigenvalue weighted by Crippen LogP contribution is -2.15. The van der Waals surface area contributed by atoms with Crippen molar-refractivity contribution in [1.29, 1.82) is 0 Å². The highest BCUT2D eigenvalue weighted by molar-refractivity contribution is 9.10. The normalized spacial score (nSPS) is 18.8. The van der Waals surface area contributed by atoms with E-state index in [9.17, 15) is 0 Å². The SMILES string of the molecule is Brc1nncc(C2CCOCC2)n1. The summed E-state index contributed by atoms with van der Waals surface area (Å²) in [5.41, 5.74) is 1.02. The van der Waals surface area contributed by atoms with E-state index in [0.29, 0.717) is 10.7 Å². The van der Waals surface area contributed by atoms with Crippen LogP contribution in [0.2, 0.25) is 0 Å². The highest BCUT2D eigenvalue weighted by atomic mass is 79.9. The third kappa shape index (κ3) is 2.22. The summed E-state index contributed by atoms with van der Waals surface area (Å²) in [6, 6.07) is 0. The van der Waals surface area contributed by atoms with Gasteiger partial charge in [-0.25, -0.2) is 4.98 Å². The average molecular weight is 244 g/mol. The highest BCUT2D eigenvalue weighted by Gasteiger charge is 2.17. The Morgan fingerprint density at radius 2 is 2.15 bits per heavy atom. The van der Waals surface area contributed by atoms with Gasteiger partial charge in [0, 0.05) is 19.1 Å². The summed E-state index contributed by atoms with van der Waals surface area (Å²) in [6.45, 7) is 1.65. The number of halogens is 1. The summed E-state index contributed by atoms with van der Waals surface area (Å²) in [5, 5.41) is 7.62. The van der Waals surface area contributed by atoms with E-state index in [1.54, 1.807) is 6.20 Å². The maximum absolute atomic E-state index is 5.28. The molecule has 0 amide bonds. The number of aromatic nitrogens is 3. The van der Waals surface area contributed by atoms with E-state index < -0.39 is 0 Å². The molecular formula is C8H10BrN3O. The number of hydrogen-bond acceptors (Lipinski definition) is 4. The summed E-state index contributed by atoms with van der Waals surface area (Å²) in [7, 11) is 0. The van der Waals surface area contributed by atoms with Gasteiger partial charge < -0.3 is 4.74 Å². The first-order valence-corrected chi connectivity index (χ1v) is 5.08. The second kappa shape index (κ2) is 4.11. The van der Waals surface area contributed by atoms with E-state index in [-0.39, 0.29) is 0 Å². The molecule has 1 aliphatic heterocycles. The molecule has 1 aliphatic rings. The molecule has 5 heteroatoms. The van der Waals surface area contributed by atoms with Gasteiger partial charge in [0.15, 0.2) is 0 Å². The molecule has 70 valence electrons. The Morgan fingerprint density at radius 3 is 2.85 bits per heavy atom. The van der Waals surface area contributed by atoms with E-state index in [0.717, 1.165) is 31.7 Å². The van der Waals surface area contributed by atoms with E-state index >= 15 is 0 Å². The predicted octanol–water partition coefficient (Wildman–Crippen LogP) is 1.53. The third-order valence-corrected chi connectivity index (χ3v) is 2.53. The second-order valence-corrected chi connectivity index (χ2v) is 3.75. The fourth-order valence-electron chi connectivity index (χ4n) is 1.48. The molecule has 0 saturated carbocycles. The molecule has 1 aromatic rings. The third-order valence-electron chi connectivity index (χ3n) is 2.19. The van der Waals surface area contributed by atoms with Crippen LogP contribution in [-0.4, -0.2) is 28.4 Å². The first-order valence-electron chi connectivity index (χ1n) is 4.29. The minimum atomic E-state index is 0.487. The molecule has 4 nitrogen and oxygen atoms in total. The standard InChI is InChI=1S/C8H10BrN3O/c9-8-11-7(5-10-12-8)6-1-3-13-4-2-6/h5-6H,1-4H2. The summed E-state index contributed by atoms with van der Waals surface area (Å²) >= 11 is 3.21. The van der Waals surface area contributed by atoms with Crippen molar-refractivity contribution >= 4 is 15.9 Å². The molecule has 2 heterocycles. The molecule has 0 aliphatic carbocycles. The lowest BCUT2D eigenvalue weighted by atomic mass is 9.97. The Kier molecular flexibility index (Phi) is 2.85. The van der Waals surface area contributed by atoms with Crippen molar-refractivity contribution in [2.24, 2.45) is 0 Å². The molecule has 0 N–H and O–H groups in total. The van der Waals surface area contributed by atoms with E-state index in [4.69, 9.17) is 4.74 Å². The minimum Gasteiger partial charge on any atom is -0.381 e. The Hall–Kier alpha value is -0.550. The smallest absolute Gasteiger partial charge is 0.218 e. The zero-order valence-corrected chi connectivity index (χ0v) is 8.70. The molecule has 1 saturated heterocycles. The van der Waals surface area contributed by atoms with Crippen LogP contribution in [0.5, 0.6) is 0 Å². The number of hydrogen-bond donors (Lipinski definition) is 0. The van der Waals surface area contributed by atoms with Crippen LogP contribution in [0.3, 0.4) is 0 Å². The van der Waals surface area contributed by atoms with Crippen molar-refractivity contribution in [2.75, 3.05) is 13.2 Å². The van der Waals surface area contributed by atoms with Gasteiger partial charge >= 0.3 is 0 Å². The van der Waals surface area contributed by atoms with Crippen LogP contribution in [0.4, 0.5) is 0 Å². The Balaban J connectivity index is 2.14. The van der Waals surface area contributed by atoms with Gasteiger partial charge in [0.2, 0.25) is 4.73 Å². The summed E-state index contributed by atoms with van der Waals surface area (Å²) in [4.78, 5) is 4.28. The van der Waals surface area contributed by atoms with Crippen molar-refractivity contribution in [3.05, 3.63) is 16.6 Å². The predicted molar refractivity (Wildman–Crippen MR) is 50.3 cm³/mol. The van der Waals surface area contributed by atoms with Crippen molar-refractivity contribution in [2.45, 2.75) is 18.8 Å². The van der Waals surface area contributed by atoms with Crippen LogP contribution < -0.4 is 0 Å². The topological polar surface area (TPSA) is 47.9 Å². The number of nitrogens with zero attached hydrogens (tertiary/aromatic N) is 3. The fourth-order valence-corrected chi connectivity index (χ4v) is 1.78. The van der Waals surface area contributed by atoms with Crippen molar-refractivity contribution in [3.63, 3.8) is 0 Å². The van der Waals surface area contributed by atoms with Crippen molar-refractivity contribution in [1.82, 2.24) is 15.2 Å². The molecule has 0 atom stereocenters. The quantitative estimate of drug-likeness (QED) is 0.751. The fraction of sp³-hybridized carbons (Fsp3) is 0.625. The van der Waals surface area contributed by atoms with Gasteiger partial charge in [0.1, 0.15) is 0 Å². The molecular weight excluding hydrogens is 234 g/mol. The first-order chi connectivity index (χ1) is 6.36. The van der Waals surface area contributed by atoms with Gasteiger partial charge in [-0.3, -0.25) is 0 Å². The maximum atomic E-state index is 5.28. The van der Waals surface area contributed by atoms with Crippen LogP contribution in [0.1, 0.15) is 24.5 Å². The highest BCUT2D eigenvalue weighted by Crippen LogP contribution is 2.24. The van der Waals surface area contributed by atoms with Crippen molar-refractivity contribution in [3.8, 4) is 0 Å². The lowest BCUT2D eigenvalue weighted by Gasteiger charge is -2.20. The van der Waals surface area contributed by atoms with E-state index in [1.807, 2.05) is 0 Å². The minimum absolute atomic E-state index is 0.487. The largest absolute Gasteiger partial charge is 0.381 e. The van der Waals surface area contributed by atoms with Gasteiger partial charge in [-0.2, -0.15) is 5.10 Å². The second-order valence-electron chi connectivity index (χ2n) is 3.04. The molecule has 2 rings (SSSR count). The molecule has 0 unspecified atom stereocenters. The van der Waals surface area contributed by atoms with Gasteiger partial charge in [-0.1, -0.05) is 0 Å². The first kappa shape index (κ1) is 9.02. The zero-order valence-electron chi connectivity index (χ0n) is 7.11. The van der Waals surface area contributed by atoms with E-state index in [1.165, 1.54) is 0 Å². The lowest BCUT2D eigenvalue weighted by molar-refractivity contribution is 0.0843. The molecule has 0 bridgehead atoms. The number of rotatable bonds is 1. The molecule has 13 heavy (non-hydrogen) atoms. The summed E-state index contributed by atoms with van der Waals surface area (Å²) < 4.78 is 5.84. The Morgan fingerprint density at radius 1 is 1.38 bits per heavy atom. The van der Waals surface area contributed by atoms with Crippen LogP contribution in [0, 0.1) is 0 Å². The van der Waals surface area contributed by atoms with Crippen LogP contribution in [0.15, 0.2) is 10.9 Å². The van der Waals surface area contributed by atoms with Crippen LogP contribution >= 0.6 is 15.9 Å². The molecule has 0 spiro atoms. The molecule has 0 radical (unpaired) electrons. The van der Waals surface area contributed by atoms with Gasteiger partial charge in [0.25, 0.3) is 0 Å². The van der Waals surface area contributed by atoms with Gasteiger partial charge in [-0.15, -0.1) is 5.10 Å². The molecule has 1 aromatic heterocycles. The molecule has 0 aromatic carbocycles. The van der Waals surface area contributed by atoms with E-state index in [2.05, 4.69) is 31.1 Å². The molecule has 1 fully saturated rings. The summed E-state index contributed by atoms with van der Waals surface area (Å²) in [5.74, 6) is 0.487. The Bertz CT molecular complexity index is 288. The Labute approximate surface area is 84.9 Å². The van der Waals surface area contributed by atoms with Gasteiger partial charge in [-0.05, 0) is 28.8 Å². The van der Waals surface area contributed by atoms with Gasteiger partial charge in [0.05, 0.1) is 11.9 Å². The van der Waals surface area contributed by atoms with Crippen LogP contribution in [0.25, 0.3) is 0 Å². The zero-order chi connectivity index (χ0) is 9.10. The maximum Gasteiger partial charge on any atom is 0.218 e. The number of ether oxygens (including phenoxy) is 1. The van der Waals surface area contributed by atoms with Crippen molar-refractivity contribution < 1.29 is 4.74 Å². The van der Waals surface area contributed by atoms with Crippen LogP contribution in [-0.2, 0) is 4.74 Å². The monoisotopic (exact) mass is 243 g/mol.